The molecular formula is C19H31N4OS+. The number of aryl methyl sites for hydroxylation is 2. The van der Waals surface area contributed by atoms with Crippen LogP contribution in [0.25, 0.3) is 0 Å². The maximum absolute atomic E-state index is 12.4. The number of thiocarbonyl (C=S) groups is 1. The first-order chi connectivity index (χ1) is 12.0. The minimum absolute atomic E-state index is 0.0875. The number of hydrogen-bond acceptors (Lipinski definition) is 2. The van der Waals surface area contributed by atoms with Crippen molar-refractivity contribution in [2.45, 2.75) is 33.6 Å². The third-order valence-corrected chi connectivity index (χ3v) is 5.12. The first-order valence-electron chi connectivity index (χ1n) is 9.23. The fraction of sp³-hybridized carbons (Fsp3) is 0.579. The highest BCUT2D eigenvalue weighted by Crippen LogP contribution is 2.18. The van der Waals surface area contributed by atoms with Gasteiger partial charge in [0.1, 0.15) is 0 Å². The number of nitrogens with one attached hydrogen (secondary N) is 3. The second kappa shape index (κ2) is 9.73. The van der Waals surface area contributed by atoms with Gasteiger partial charge in [-0.15, -0.1) is 0 Å². The number of carbonyl (C=O) groups is 1. The van der Waals surface area contributed by atoms with Gasteiger partial charge in [0.15, 0.2) is 11.7 Å². The summed E-state index contributed by atoms with van der Waals surface area (Å²) in [5, 5.41) is 7.26. The Morgan fingerprint density at radius 1 is 1.24 bits per heavy atom. The summed E-state index contributed by atoms with van der Waals surface area (Å²) in [6.07, 6.45) is 2.31. The monoisotopic (exact) mass is 363 g/mol. The predicted molar refractivity (Wildman–Crippen MR) is 107 cm³/mol. The van der Waals surface area contributed by atoms with Crippen LogP contribution >= 0.6 is 12.2 Å². The van der Waals surface area contributed by atoms with Gasteiger partial charge in [-0.2, -0.15) is 0 Å². The van der Waals surface area contributed by atoms with Crippen molar-refractivity contribution < 1.29 is 9.69 Å². The minimum atomic E-state index is 0.0875. The average molecular weight is 364 g/mol. The summed E-state index contributed by atoms with van der Waals surface area (Å²) in [6.45, 7) is 11.4. The molecule has 0 bridgehead atoms. The smallest absolute Gasteiger partial charge is 0.279 e. The van der Waals surface area contributed by atoms with E-state index in [1.54, 1.807) is 0 Å². The first kappa shape index (κ1) is 19.7. The van der Waals surface area contributed by atoms with E-state index < -0.39 is 0 Å². The van der Waals surface area contributed by atoms with Crippen LogP contribution in [0.15, 0.2) is 18.2 Å². The quantitative estimate of drug-likeness (QED) is 0.524. The van der Waals surface area contributed by atoms with Crippen LogP contribution < -0.4 is 15.5 Å². The van der Waals surface area contributed by atoms with Crippen LogP contribution in [0.3, 0.4) is 0 Å². The number of unbranched alkanes of at least 4 members (excludes halogenated alkanes) is 1. The molecule has 0 radical (unpaired) electrons. The summed E-state index contributed by atoms with van der Waals surface area (Å²) in [5.41, 5.74) is 3.17. The lowest BCUT2D eigenvalue weighted by molar-refractivity contribution is -0.895. The molecule has 2 rings (SSSR count). The molecule has 1 amide bonds. The number of hydrogen-bond donors (Lipinski definition) is 3. The third-order valence-electron chi connectivity index (χ3n) is 4.72. The van der Waals surface area contributed by atoms with Crippen molar-refractivity contribution in [3.63, 3.8) is 0 Å². The zero-order valence-corrected chi connectivity index (χ0v) is 16.5. The minimum Gasteiger partial charge on any atom is -0.363 e. The highest BCUT2D eigenvalue weighted by atomic mass is 32.1. The van der Waals surface area contributed by atoms with Gasteiger partial charge in [-0.3, -0.25) is 4.79 Å². The molecule has 0 aromatic heterocycles. The highest BCUT2D eigenvalue weighted by molar-refractivity contribution is 7.80. The van der Waals surface area contributed by atoms with Gasteiger partial charge in [0, 0.05) is 12.2 Å². The molecule has 0 spiro atoms. The molecule has 1 aromatic carbocycles. The molecule has 5 nitrogen and oxygen atoms in total. The molecule has 25 heavy (non-hydrogen) atoms. The van der Waals surface area contributed by atoms with Crippen LogP contribution in [0.4, 0.5) is 5.69 Å². The van der Waals surface area contributed by atoms with Crippen LogP contribution in [-0.2, 0) is 4.79 Å². The summed E-state index contributed by atoms with van der Waals surface area (Å²) in [7, 11) is 0. The Morgan fingerprint density at radius 2 is 1.88 bits per heavy atom. The number of anilines is 1. The Balaban J connectivity index is 1.76. The van der Waals surface area contributed by atoms with Crippen molar-refractivity contribution in [3.8, 4) is 0 Å². The topological polar surface area (TPSA) is 48.8 Å². The van der Waals surface area contributed by atoms with Crippen molar-refractivity contribution in [3.05, 3.63) is 29.3 Å². The Bertz CT molecular complexity index is 577. The van der Waals surface area contributed by atoms with Crippen molar-refractivity contribution in [1.82, 2.24) is 10.2 Å². The number of quaternary nitrogens is 1. The lowest BCUT2D eigenvalue weighted by Gasteiger charge is -2.33. The molecule has 1 aliphatic heterocycles. The molecular weight excluding hydrogens is 332 g/mol. The largest absolute Gasteiger partial charge is 0.363 e. The van der Waals surface area contributed by atoms with Gasteiger partial charge < -0.3 is 20.4 Å². The van der Waals surface area contributed by atoms with Crippen molar-refractivity contribution in [2.24, 2.45) is 0 Å². The Labute approximate surface area is 156 Å². The Morgan fingerprint density at radius 3 is 2.48 bits per heavy atom. The molecule has 1 saturated heterocycles. The first-order valence-corrected chi connectivity index (χ1v) is 9.64. The molecule has 1 fully saturated rings. The lowest BCUT2D eigenvalue weighted by atomic mass is 10.1. The zero-order valence-electron chi connectivity index (χ0n) is 15.7. The van der Waals surface area contributed by atoms with Crippen molar-refractivity contribution in [1.29, 1.82) is 0 Å². The van der Waals surface area contributed by atoms with Gasteiger partial charge in [0.25, 0.3) is 5.91 Å². The number of nitrogens with zero attached hydrogens (tertiary/aromatic N) is 1. The molecule has 138 valence electrons. The van der Waals surface area contributed by atoms with Crippen LogP contribution in [0.1, 0.15) is 30.9 Å². The normalized spacial score (nSPS) is 15.1. The summed E-state index contributed by atoms with van der Waals surface area (Å²) in [4.78, 5) is 15.9. The number of para-hydroxylation sites is 1. The number of amides is 1. The summed E-state index contributed by atoms with van der Waals surface area (Å²) >= 11 is 5.46. The zero-order chi connectivity index (χ0) is 18.2. The molecule has 0 aliphatic carbocycles. The Kier molecular flexibility index (Phi) is 7.65. The lowest BCUT2D eigenvalue weighted by Crippen LogP contribution is -3.15. The molecule has 0 saturated carbocycles. The summed E-state index contributed by atoms with van der Waals surface area (Å²) in [5.74, 6) is 0.0875. The molecule has 6 heteroatoms. The van der Waals surface area contributed by atoms with Gasteiger partial charge in [-0.05, 0) is 43.6 Å². The van der Waals surface area contributed by atoms with Gasteiger partial charge in [-0.25, -0.2) is 0 Å². The van der Waals surface area contributed by atoms with Crippen LogP contribution in [0.2, 0.25) is 0 Å². The van der Waals surface area contributed by atoms with Crippen molar-refractivity contribution in [2.75, 3.05) is 44.6 Å². The second-order valence-electron chi connectivity index (χ2n) is 6.81. The van der Waals surface area contributed by atoms with Crippen LogP contribution in [0, 0.1) is 13.8 Å². The Hall–Kier alpha value is -1.66. The van der Waals surface area contributed by atoms with E-state index in [-0.39, 0.29) is 5.91 Å². The van der Waals surface area contributed by atoms with E-state index in [0.717, 1.165) is 61.1 Å². The number of rotatable bonds is 6. The van der Waals surface area contributed by atoms with Crippen LogP contribution in [0.5, 0.6) is 0 Å². The average Bonchev–Trinajstić information content (AvgIpc) is 2.59. The third kappa shape index (κ3) is 5.97. The van der Waals surface area contributed by atoms with Gasteiger partial charge in [0.05, 0.1) is 26.2 Å². The number of carbonyl (C=O) groups excluding carboxylic acids is 1. The molecule has 0 unspecified atom stereocenters. The van der Waals surface area contributed by atoms with E-state index in [1.807, 2.05) is 32.0 Å². The standard InChI is InChI=1S/C19H30N4OS/c1-4-5-9-20-19(25)23-12-10-22(11-13-23)14-17(24)21-18-15(2)7-6-8-16(18)3/h6-8H,4-5,9-14H2,1-3H3,(H,20,25)(H,21,24)/p+1. The fourth-order valence-electron chi connectivity index (χ4n) is 3.11. The maximum atomic E-state index is 12.4. The van der Waals surface area contributed by atoms with Crippen LogP contribution in [-0.4, -0.2) is 55.2 Å². The van der Waals surface area contributed by atoms with E-state index >= 15 is 0 Å². The SMILES string of the molecule is CCCCNC(=S)N1CC[NH+](CC(=O)Nc2c(C)cccc2C)CC1. The maximum Gasteiger partial charge on any atom is 0.279 e. The van der Waals surface area contributed by atoms with Gasteiger partial charge >= 0.3 is 0 Å². The highest BCUT2D eigenvalue weighted by Gasteiger charge is 2.23. The van der Waals surface area contributed by atoms with Crippen molar-refractivity contribution >= 4 is 28.9 Å². The number of benzene rings is 1. The second-order valence-corrected chi connectivity index (χ2v) is 7.20. The molecule has 1 heterocycles. The molecule has 1 aromatic rings. The fourth-order valence-corrected chi connectivity index (χ4v) is 3.39. The van der Waals surface area contributed by atoms with E-state index in [1.165, 1.54) is 11.3 Å². The number of piperazine rings is 1. The van der Waals surface area contributed by atoms with E-state index in [0.29, 0.717) is 6.54 Å². The van der Waals surface area contributed by atoms with Gasteiger partial charge in [0.2, 0.25) is 0 Å². The predicted octanol–water partition coefficient (Wildman–Crippen LogP) is 1.12. The van der Waals surface area contributed by atoms with E-state index in [2.05, 4.69) is 22.5 Å². The van der Waals surface area contributed by atoms with E-state index in [9.17, 15) is 4.79 Å². The summed E-state index contributed by atoms with van der Waals surface area (Å²) < 4.78 is 0. The molecule has 1 aliphatic rings. The van der Waals surface area contributed by atoms with Gasteiger partial charge in [-0.1, -0.05) is 31.5 Å². The molecule has 0 atom stereocenters. The summed E-state index contributed by atoms with van der Waals surface area (Å²) in [6, 6.07) is 6.07. The van der Waals surface area contributed by atoms with E-state index in [4.69, 9.17) is 12.2 Å². The molecule has 3 N–H and O–H groups in total.